The third-order valence-electron chi connectivity index (χ3n) is 3.00. The van der Waals surface area contributed by atoms with Crippen molar-refractivity contribution in [1.82, 2.24) is 4.90 Å². The van der Waals surface area contributed by atoms with Gasteiger partial charge < -0.3 is 5.73 Å². The number of nitrogens with zero attached hydrogens (tertiary/aromatic N) is 1. The minimum absolute atomic E-state index is 0. The van der Waals surface area contributed by atoms with Gasteiger partial charge >= 0.3 is 0 Å². The van der Waals surface area contributed by atoms with Crippen LogP contribution < -0.4 is 5.73 Å². The highest BCUT2D eigenvalue weighted by molar-refractivity contribution is 5.85. The average molecular weight is 241 g/mol. The number of halogens is 1. The molecule has 16 heavy (non-hydrogen) atoms. The second-order valence-corrected chi connectivity index (χ2v) is 4.78. The second kappa shape index (κ2) is 5.67. The highest BCUT2D eigenvalue weighted by Crippen LogP contribution is 2.15. The monoisotopic (exact) mass is 240 g/mol. The van der Waals surface area contributed by atoms with E-state index in [1.165, 1.54) is 16.7 Å². The summed E-state index contributed by atoms with van der Waals surface area (Å²) >= 11 is 0. The Morgan fingerprint density at radius 2 is 1.88 bits per heavy atom. The first-order chi connectivity index (χ1) is 7.13. The molecule has 1 heterocycles. The maximum Gasteiger partial charge on any atom is 0.0234 e. The standard InChI is InChI=1S/C13H20N2.ClH/c1-10-5-11(2)7-12(6-10)8-15-4-3-13(14)9-15;/h5-7,13H,3-4,8-9,14H2,1-2H3;1H/t13-;/m1./s1. The quantitative estimate of drug-likeness (QED) is 0.859. The molecule has 2 nitrogen and oxygen atoms in total. The molecule has 90 valence electrons. The minimum atomic E-state index is 0. The van der Waals surface area contributed by atoms with E-state index in [4.69, 9.17) is 5.73 Å². The molecule has 0 bridgehead atoms. The summed E-state index contributed by atoms with van der Waals surface area (Å²) < 4.78 is 0. The predicted molar refractivity (Wildman–Crippen MR) is 71.0 cm³/mol. The molecule has 1 saturated heterocycles. The summed E-state index contributed by atoms with van der Waals surface area (Å²) in [6, 6.07) is 7.16. The van der Waals surface area contributed by atoms with E-state index in [1.807, 2.05) is 0 Å². The number of aryl methyl sites for hydroxylation is 2. The zero-order chi connectivity index (χ0) is 10.8. The van der Waals surface area contributed by atoms with Crippen molar-refractivity contribution in [2.45, 2.75) is 32.9 Å². The summed E-state index contributed by atoms with van der Waals surface area (Å²) in [4.78, 5) is 2.44. The van der Waals surface area contributed by atoms with Gasteiger partial charge in [0.05, 0.1) is 0 Å². The Bertz CT molecular complexity index is 332. The highest BCUT2D eigenvalue weighted by Gasteiger charge is 2.18. The number of hydrogen-bond donors (Lipinski definition) is 1. The molecule has 1 aliphatic rings. The molecule has 0 saturated carbocycles. The predicted octanol–water partition coefficient (Wildman–Crippen LogP) is 2.26. The summed E-state index contributed by atoms with van der Waals surface area (Å²) in [5.41, 5.74) is 10.0. The van der Waals surface area contributed by atoms with Crippen LogP contribution in [0.1, 0.15) is 23.1 Å². The number of rotatable bonds is 2. The Labute approximate surface area is 104 Å². The molecule has 3 heteroatoms. The maximum atomic E-state index is 5.90. The summed E-state index contributed by atoms with van der Waals surface area (Å²) in [6.45, 7) is 7.57. The Balaban J connectivity index is 0.00000128. The van der Waals surface area contributed by atoms with E-state index in [2.05, 4.69) is 36.9 Å². The third kappa shape index (κ3) is 3.48. The van der Waals surface area contributed by atoms with Crippen LogP contribution in [0.5, 0.6) is 0 Å². The third-order valence-corrected chi connectivity index (χ3v) is 3.00. The van der Waals surface area contributed by atoms with Crippen LogP contribution in [-0.4, -0.2) is 24.0 Å². The number of benzene rings is 1. The molecule has 0 amide bonds. The lowest BCUT2D eigenvalue weighted by Crippen LogP contribution is -2.26. The molecule has 0 radical (unpaired) electrons. The molecular weight excluding hydrogens is 220 g/mol. The van der Waals surface area contributed by atoms with E-state index in [0.717, 1.165) is 26.1 Å². The van der Waals surface area contributed by atoms with Gasteiger partial charge in [0.1, 0.15) is 0 Å². The average Bonchev–Trinajstić information content (AvgIpc) is 2.49. The molecule has 1 atom stereocenters. The number of likely N-dealkylation sites (tertiary alicyclic amines) is 1. The van der Waals surface area contributed by atoms with Crippen LogP contribution in [0.25, 0.3) is 0 Å². The normalized spacial score (nSPS) is 20.8. The van der Waals surface area contributed by atoms with Crippen LogP contribution in [0.3, 0.4) is 0 Å². The Hall–Kier alpha value is -0.570. The molecule has 2 N–H and O–H groups in total. The minimum Gasteiger partial charge on any atom is -0.326 e. The lowest BCUT2D eigenvalue weighted by atomic mass is 10.1. The van der Waals surface area contributed by atoms with Crippen LogP contribution in [0, 0.1) is 13.8 Å². The van der Waals surface area contributed by atoms with Gasteiger partial charge in [-0.25, -0.2) is 0 Å². The van der Waals surface area contributed by atoms with Crippen molar-refractivity contribution < 1.29 is 0 Å². The fourth-order valence-electron chi connectivity index (χ4n) is 2.42. The van der Waals surface area contributed by atoms with Gasteiger partial charge in [-0.05, 0) is 25.8 Å². The van der Waals surface area contributed by atoms with Crippen molar-refractivity contribution in [3.63, 3.8) is 0 Å². The molecule has 2 rings (SSSR count). The number of nitrogens with two attached hydrogens (primary N) is 1. The van der Waals surface area contributed by atoms with Crippen LogP contribution in [-0.2, 0) is 6.54 Å². The van der Waals surface area contributed by atoms with Crippen molar-refractivity contribution in [2.75, 3.05) is 13.1 Å². The Morgan fingerprint density at radius 3 is 2.38 bits per heavy atom. The second-order valence-electron chi connectivity index (χ2n) is 4.78. The molecule has 0 aliphatic carbocycles. The summed E-state index contributed by atoms with van der Waals surface area (Å²) in [5.74, 6) is 0. The first-order valence-electron chi connectivity index (χ1n) is 5.68. The van der Waals surface area contributed by atoms with Crippen molar-refractivity contribution in [1.29, 1.82) is 0 Å². The van der Waals surface area contributed by atoms with E-state index >= 15 is 0 Å². The van der Waals surface area contributed by atoms with E-state index in [1.54, 1.807) is 0 Å². The van der Waals surface area contributed by atoms with Crippen molar-refractivity contribution in [2.24, 2.45) is 5.73 Å². The van der Waals surface area contributed by atoms with Gasteiger partial charge in [-0.1, -0.05) is 29.3 Å². The van der Waals surface area contributed by atoms with E-state index in [0.29, 0.717) is 6.04 Å². The van der Waals surface area contributed by atoms with Crippen molar-refractivity contribution in [3.05, 3.63) is 34.9 Å². The van der Waals surface area contributed by atoms with Gasteiger partial charge in [-0.3, -0.25) is 4.90 Å². The zero-order valence-corrected chi connectivity index (χ0v) is 10.9. The molecule has 0 aromatic heterocycles. The number of hydrogen-bond acceptors (Lipinski definition) is 2. The van der Waals surface area contributed by atoms with Gasteiger partial charge in [-0.2, -0.15) is 0 Å². The van der Waals surface area contributed by atoms with Gasteiger partial charge in [0, 0.05) is 25.7 Å². The fourth-order valence-corrected chi connectivity index (χ4v) is 2.42. The van der Waals surface area contributed by atoms with Crippen LogP contribution in [0.2, 0.25) is 0 Å². The first kappa shape index (κ1) is 13.5. The lowest BCUT2D eigenvalue weighted by molar-refractivity contribution is 0.327. The topological polar surface area (TPSA) is 29.3 Å². The molecule has 1 aromatic rings. The van der Waals surface area contributed by atoms with Gasteiger partial charge in [0.2, 0.25) is 0 Å². The molecular formula is C13H21ClN2. The summed E-state index contributed by atoms with van der Waals surface area (Å²) in [5, 5.41) is 0. The smallest absolute Gasteiger partial charge is 0.0234 e. The van der Waals surface area contributed by atoms with Crippen LogP contribution >= 0.6 is 12.4 Å². The largest absolute Gasteiger partial charge is 0.326 e. The van der Waals surface area contributed by atoms with Gasteiger partial charge in [0.25, 0.3) is 0 Å². The Kier molecular flexibility index (Phi) is 4.78. The first-order valence-corrected chi connectivity index (χ1v) is 5.68. The zero-order valence-electron chi connectivity index (χ0n) is 10.1. The highest BCUT2D eigenvalue weighted by atomic mass is 35.5. The van der Waals surface area contributed by atoms with Gasteiger partial charge in [-0.15, -0.1) is 12.4 Å². The maximum absolute atomic E-state index is 5.90. The van der Waals surface area contributed by atoms with Gasteiger partial charge in [0.15, 0.2) is 0 Å². The molecule has 0 unspecified atom stereocenters. The fraction of sp³-hybridized carbons (Fsp3) is 0.538. The van der Waals surface area contributed by atoms with Crippen LogP contribution in [0.4, 0.5) is 0 Å². The summed E-state index contributed by atoms with van der Waals surface area (Å²) in [6.07, 6.45) is 1.14. The molecule has 1 aromatic carbocycles. The SMILES string of the molecule is Cc1cc(C)cc(CN2CC[C@@H](N)C2)c1.Cl. The summed E-state index contributed by atoms with van der Waals surface area (Å²) in [7, 11) is 0. The molecule has 1 fully saturated rings. The van der Waals surface area contributed by atoms with Crippen molar-refractivity contribution >= 4 is 12.4 Å². The van der Waals surface area contributed by atoms with Crippen molar-refractivity contribution in [3.8, 4) is 0 Å². The lowest BCUT2D eigenvalue weighted by Gasteiger charge is -2.15. The molecule has 1 aliphatic heterocycles. The van der Waals surface area contributed by atoms with Crippen LogP contribution in [0.15, 0.2) is 18.2 Å². The van der Waals surface area contributed by atoms with E-state index < -0.39 is 0 Å². The van der Waals surface area contributed by atoms with E-state index in [9.17, 15) is 0 Å². The molecule has 0 spiro atoms. The van der Waals surface area contributed by atoms with E-state index in [-0.39, 0.29) is 12.4 Å². The Morgan fingerprint density at radius 1 is 1.25 bits per heavy atom.